The molecule has 4 aromatic rings. The summed E-state index contributed by atoms with van der Waals surface area (Å²) >= 11 is 1.42. The van der Waals surface area contributed by atoms with E-state index in [9.17, 15) is 9.59 Å². The smallest absolute Gasteiger partial charge is 0.322 e. The van der Waals surface area contributed by atoms with E-state index in [1.54, 1.807) is 23.2 Å². The number of hydrogen-bond acceptors (Lipinski definition) is 3. The van der Waals surface area contributed by atoms with Crippen LogP contribution in [0, 0.1) is 13.8 Å². The number of hydrogen-bond donors (Lipinski definition) is 1. The van der Waals surface area contributed by atoms with Crippen molar-refractivity contribution >= 4 is 40.5 Å². The second-order valence-electron chi connectivity index (χ2n) is 7.89. The van der Waals surface area contributed by atoms with Gasteiger partial charge < -0.3 is 5.32 Å². The van der Waals surface area contributed by atoms with Gasteiger partial charge in [0.15, 0.2) is 0 Å². The average Bonchev–Trinajstić information content (AvgIpc) is 3.00. The molecule has 0 atom stereocenters. The molecule has 0 bridgehead atoms. The lowest BCUT2D eigenvalue weighted by molar-refractivity contribution is -0.112. The van der Waals surface area contributed by atoms with Gasteiger partial charge in [0.05, 0.1) is 15.9 Å². The lowest BCUT2D eigenvalue weighted by atomic mass is 10.1. The molecule has 3 aromatic carbocycles. The third kappa shape index (κ3) is 4.55. The van der Waals surface area contributed by atoms with Crippen LogP contribution < -0.4 is 11.0 Å². The summed E-state index contributed by atoms with van der Waals surface area (Å²) in [5.74, 6) is -0.179. The second-order valence-corrected chi connectivity index (χ2v) is 9.01. The quantitative estimate of drug-likeness (QED) is 0.338. The van der Waals surface area contributed by atoms with Gasteiger partial charge in [-0.3, -0.25) is 13.9 Å². The largest absolute Gasteiger partial charge is 0.328 e. The van der Waals surface area contributed by atoms with E-state index in [4.69, 9.17) is 0 Å². The van der Waals surface area contributed by atoms with E-state index in [1.807, 2.05) is 86.7 Å². The topological polar surface area (TPSA) is 56.0 Å². The van der Waals surface area contributed by atoms with Gasteiger partial charge in [0.2, 0.25) is 0 Å². The summed E-state index contributed by atoms with van der Waals surface area (Å²) in [5, 5.41) is 3.00. The highest BCUT2D eigenvalue weighted by molar-refractivity contribution is 8.04. The van der Waals surface area contributed by atoms with Crippen LogP contribution in [0.4, 0.5) is 5.69 Å². The molecule has 0 aliphatic heterocycles. The van der Waals surface area contributed by atoms with Gasteiger partial charge in [-0.05, 0) is 61.9 Å². The second kappa shape index (κ2) is 8.93. The van der Waals surface area contributed by atoms with Gasteiger partial charge in [0.25, 0.3) is 5.91 Å². The molecule has 32 heavy (non-hydrogen) atoms. The van der Waals surface area contributed by atoms with Crippen molar-refractivity contribution in [2.45, 2.75) is 18.7 Å². The maximum atomic E-state index is 13.2. The Morgan fingerprint density at radius 1 is 0.844 bits per heavy atom. The number of anilines is 1. The molecular formula is C26H25N3O2S. The standard InChI is InChI=1S/C26H25N3O2S/c1-17-5-10-20(11-6-17)27-25(30)24(32-21-12-7-18(2)8-13-21)16-19-9-14-22-23(15-19)29(4)26(31)28(22)3/h5-16H,1-4H3,(H,27,30)/b24-16+. The van der Waals surface area contributed by atoms with Crippen LogP contribution in [0.1, 0.15) is 16.7 Å². The zero-order chi connectivity index (χ0) is 22.8. The van der Waals surface area contributed by atoms with Crippen molar-refractivity contribution in [2.24, 2.45) is 14.1 Å². The fourth-order valence-electron chi connectivity index (χ4n) is 3.47. The maximum absolute atomic E-state index is 13.2. The van der Waals surface area contributed by atoms with Crippen molar-refractivity contribution in [3.05, 3.63) is 98.8 Å². The number of amides is 1. The summed E-state index contributed by atoms with van der Waals surface area (Å²) < 4.78 is 3.24. The number of rotatable bonds is 5. The molecule has 0 unspecified atom stereocenters. The highest BCUT2D eigenvalue weighted by Gasteiger charge is 2.14. The molecular weight excluding hydrogens is 418 g/mol. The summed E-state index contributed by atoms with van der Waals surface area (Å²) in [4.78, 5) is 27.0. The predicted octanol–water partition coefficient (Wildman–Crippen LogP) is 5.27. The molecule has 5 nitrogen and oxygen atoms in total. The van der Waals surface area contributed by atoms with Crippen LogP contribution in [0.3, 0.4) is 0 Å². The molecule has 1 aromatic heterocycles. The fraction of sp³-hybridized carbons (Fsp3) is 0.154. The van der Waals surface area contributed by atoms with E-state index in [-0.39, 0.29) is 11.6 Å². The Hall–Kier alpha value is -3.51. The van der Waals surface area contributed by atoms with Crippen LogP contribution in [-0.2, 0) is 18.9 Å². The molecule has 0 fully saturated rings. The minimum Gasteiger partial charge on any atom is -0.322 e. The van der Waals surface area contributed by atoms with Crippen LogP contribution in [-0.4, -0.2) is 15.0 Å². The maximum Gasteiger partial charge on any atom is 0.328 e. The van der Waals surface area contributed by atoms with E-state index in [1.165, 1.54) is 17.3 Å². The number of carbonyl (C=O) groups excluding carboxylic acids is 1. The number of fused-ring (bicyclic) bond motifs is 1. The van der Waals surface area contributed by atoms with E-state index < -0.39 is 0 Å². The number of aryl methyl sites for hydroxylation is 4. The average molecular weight is 444 g/mol. The number of carbonyl (C=O) groups is 1. The van der Waals surface area contributed by atoms with Gasteiger partial charge in [0.1, 0.15) is 0 Å². The summed E-state index contributed by atoms with van der Waals surface area (Å²) in [7, 11) is 3.51. The van der Waals surface area contributed by atoms with Gasteiger partial charge in [-0.15, -0.1) is 0 Å². The summed E-state index contributed by atoms with van der Waals surface area (Å²) in [6, 6.07) is 21.6. The first kappa shape index (κ1) is 21.7. The lowest BCUT2D eigenvalue weighted by Gasteiger charge is -2.10. The minimum atomic E-state index is -0.179. The van der Waals surface area contributed by atoms with Crippen LogP contribution in [0.15, 0.2) is 81.3 Å². The Bertz CT molecular complexity index is 1380. The molecule has 1 heterocycles. The Morgan fingerprint density at radius 3 is 2.09 bits per heavy atom. The summed E-state index contributed by atoms with van der Waals surface area (Å²) in [6.45, 7) is 4.05. The summed E-state index contributed by atoms with van der Waals surface area (Å²) in [5.41, 5.74) is 5.50. The van der Waals surface area contributed by atoms with Gasteiger partial charge >= 0.3 is 5.69 Å². The van der Waals surface area contributed by atoms with Crippen LogP contribution in [0.5, 0.6) is 0 Å². The Morgan fingerprint density at radius 2 is 1.44 bits per heavy atom. The lowest BCUT2D eigenvalue weighted by Crippen LogP contribution is -2.19. The zero-order valence-corrected chi connectivity index (χ0v) is 19.4. The van der Waals surface area contributed by atoms with Crippen molar-refractivity contribution in [1.29, 1.82) is 0 Å². The molecule has 0 aliphatic rings. The van der Waals surface area contributed by atoms with Crippen LogP contribution >= 0.6 is 11.8 Å². The van der Waals surface area contributed by atoms with Gasteiger partial charge in [-0.2, -0.15) is 0 Å². The summed E-state index contributed by atoms with van der Waals surface area (Å²) in [6.07, 6.45) is 1.87. The van der Waals surface area contributed by atoms with Crippen molar-refractivity contribution in [3.8, 4) is 0 Å². The number of thioether (sulfide) groups is 1. The number of nitrogens with one attached hydrogen (secondary N) is 1. The van der Waals surface area contributed by atoms with Gasteiger partial charge in [-0.1, -0.05) is 53.2 Å². The van der Waals surface area contributed by atoms with Gasteiger partial charge in [-0.25, -0.2) is 4.79 Å². The van der Waals surface area contributed by atoms with E-state index in [2.05, 4.69) is 5.32 Å². The molecule has 1 N–H and O–H groups in total. The van der Waals surface area contributed by atoms with Crippen molar-refractivity contribution in [3.63, 3.8) is 0 Å². The highest BCUT2D eigenvalue weighted by Crippen LogP contribution is 2.30. The number of imidazole rings is 1. The van der Waals surface area contributed by atoms with Crippen LogP contribution in [0.2, 0.25) is 0 Å². The number of aromatic nitrogens is 2. The molecule has 162 valence electrons. The molecule has 0 aliphatic carbocycles. The first-order chi connectivity index (χ1) is 15.3. The van der Waals surface area contributed by atoms with E-state index >= 15 is 0 Å². The first-order valence-electron chi connectivity index (χ1n) is 10.3. The molecule has 0 saturated carbocycles. The van der Waals surface area contributed by atoms with Crippen molar-refractivity contribution in [2.75, 3.05) is 5.32 Å². The van der Waals surface area contributed by atoms with Crippen LogP contribution in [0.25, 0.3) is 17.1 Å². The van der Waals surface area contributed by atoms with E-state index in [0.29, 0.717) is 4.91 Å². The molecule has 0 spiro atoms. The fourth-order valence-corrected chi connectivity index (χ4v) is 4.33. The Balaban J connectivity index is 1.72. The molecule has 4 rings (SSSR count). The molecule has 0 saturated heterocycles. The van der Waals surface area contributed by atoms with E-state index in [0.717, 1.165) is 32.7 Å². The SMILES string of the molecule is Cc1ccc(NC(=O)/C(=C\c2ccc3c(c2)n(C)c(=O)n3C)Sc2ccc(C)cc2)cc1. The monoisotopic (exact) mass is 443 g/mol. The molecule has 0 radical (unpaired) electrons. The normalized spacial score (nSPS) is 11.7. The van der Waals surface area contributed by atoms with Crippen molar-refractivity contribution < 1.29 is 4.79 Å². The molecule has 6 heteroatoms. The highest BCUT2D eigenvalue weighted by atomic mass is 32.2. The Labute approximate surface area is 191 Å². The first-order valence-corrected chi connectivity index (χ1v) is 11.1. The third-order valence-electron chi connectivity index (χ3n) is 5.38. The molecule has 1 amide bonds. The minimum absolute atomic E-state index is 0.0764. The van der Waals surface area contributed by atoms with Gasteiger partial charge in [0, 0.05) is 24.7 Å². The number of nitrogens with zero attached hydrogens (tertiary/aromatic N) is 2. The zero-order valence-electron chi connectivity index (χ0n) is 18.5. The Kier molecular flexibility index (Phi) is 6.06. The van der Waals surface area contributed by atoms with Crippen molar-refractivity contribution in [1.82, 2.24) is 9.13 Å². The number of benzene rings is 3. The third-order valence-corrected chi connectivity index (χ3v) is 6.41. The predicted molar refractivity (Wildman–Crippen MR) is 133 cm³/mol.